The molecule has 104 valence electrons. The van der Waals surface area contributed by atoms with Gasteiger partial charge in [-0.05, 0) is 32.1 Å². The van der Waals surface area contributed by atoms with Gasteiger partial charge in [0.2, 0.25) is 0 Å². The summed E-state index contributed by atoms with van der Waals surface area (Å²) in [5.74, 6) is 0.535. The van der Waals surface area contributed by atoms with Crippen LogP contribution in [0.4, 0.5) is 5.69 Å². The maximum Gasteiger partial charge on any atom is 0.103 e. The normalized spacial score (nSPS) is 10.8. The summed E-state index contributed by atoms with van der Waals surface area (Å²) in [6.45, 7) is 7.12. The summed E-state index contributed by atoms with van der Waals surface area (Å²) in [6.07, 6.45) is 0. The van der Waals surface area contributed by atoms with Crippen LogP contribution < -0.4 is 4.90 Å². The molecule has 0 saturated heterocycles. The number of nitrogens with zero attached hydrogens (tertiary/aromatic N) is 3. The molecule has 1 aromatic rings. The SMILES string of the molecule is CC(C)CN(CCN(C)C)c1cccc(Cl)c1C#N. The van der Waals surface area contributed by atoms with Crippen molar-refractivity contribution < 1.29 is 0 Å². The Morgan fingerprint density at radius 1 is 1.26 bits per heavy atom. The van der Waals surface area contributed by atoms with Crippen molar-refractivity contribution in [2.75, 3.05) is 38.6 Å². The van der Waals surface area contributed by atoms with Crippen LogP contribution in [0.25, 0.3) is 0 Å². The average molecular weight is 280 g/mol. The van der Waals surface area contributed by atoms with Gasteiger partial charge < -0.3 is 9.80 Å². The van der Waals surface area contributed by atoms with Gasteiger partial charge in [0, 0.05) is 19.6 Å². The Morgan fingerprint density at radius 3 is 2.47 bits per heavy atom. The molecule has 0 unspecified atom stereocenters. The molecule has 0 N–H and O–H groups in total. The number of likely N-dealkylation sites (N-methyl/N-ethyl adjacent to an activating group) is 1. The molecule has 0 radical (unpaired) electrons. The molecule has 0 aliphatic carbocycles. The zero-order chi connectivity index (χ0) is 14.4. The number of anilines is 1. The fourth-order valence-electron chi connectivity index (χ4n) is 1.96. The summed E-state index contributed by atoms with van der Waals surface area (Å²) in [5, 5.41) is 9.81. The molecule has 0 atom stereocenters. The first kappa shape index (κ1) is 15.8. The Bertz CT molecular complexity index is 449. The van der Waals surface area contributed by atoms with Gasteiger partial charge in [-0.2, -0.15) is 5.26 Å². The lowest BCUT2D eigenvalue weighted by Crippen LogP contribution is -2.34. The molecule has 19 heavy (non-hydrogen) atoms. The van der Waals surface area contributed by atoms with E-state index >= 15 is 0 Å². The molecule has 0 bridgehead atoms. The molecule has 1 aromatic carbocycles. The molecule has 0 aliphatic rings. The summed E-state index contributed by atoms with van der Waals surface area (Å²) in [4.78, 5) is 4.39. The molecule has 0 spiro atoms. The minimum Gasteiger partial charge on any atom is -0.369 e. The van der Waals surface area contributed by atoms with Crippen LogP contribution in [0.15, 0.2) is 18.2 Å². The van der Waals surface area contributed by atoms with Crippen LogP contribution in [0.1, 0.15) is 19.4 Å². The molecule has 3 nitrogen and oxygen atoms in total. The highest BCUT2D eigenvalue weighted by Gasteiger charge is 2.15. The molecule has 1 rings (SSSR count). The summed E-state index contributed by atoms with van der Waals surface area (Å²) in [6, 6.07) is 7.86. The van der Waals surface area contributed by atoms with Gasteiger partial charge in [-0.15, -0.1) is 0 Å². The predicted octanol–water partition coefficient (Wildman–Crippen LogP) is 3.24. The van der Waals surface area contributed by atoms with E-state index in [1.807, 2.05) is 12.1 Å². The van der Waals surface area contributed by atoms with Gasteiger partial charge in [0.1, 0.15) is 6.07 Å². The fraction of sp³-hybridized carbons (Fsp3) is 0.533. The van der Waals surface area contributed by atoms with Crippen molar-refractivity contribution in [3.05, 3.63) is 28.8 Å². The number of nitriles is 1. The topological polar surface area (TPSA) is 30.3 Å². The van der Waals surface area contributed by atoms with Crippen molar-refractivity contribution in [1.82, 2.24) is 4.90 Å². The Labute approximate surface area is 121 Å². The lowest BCUT2D eigenvalue weighted by molar-refractivity contribution is 0.409. The fourth-order valence-corrected chi connectivity index (χ4v) is 2.17. The summed E-state index contributed by atoms with van der Waals surface area (Å²) >= 11 is 6.11. The van der Waals surface area contributed by atoms with Crippen LogP contribution in [0.5, 0.6) is 0 Å². The predicted molar refractivity (Wildman–Crippen MR) is 81.8 cm³/mol. The smallest absolute Gasteiger partial charge is 0.103 e. The van der Waals surface area contributed by atoms with E-state index in [0.717, 1.165) is 25.3 Å². The van der Waals surface area contributed by atoms with Crippen LogP contribution in [-0.2, 0) is 0 Å². The molecule has 0 amide bonds. The highest BCUT2D eigenvalue weighted by atomic mass is 35.5. The largest absolute Gasteiger partial charge is 0.369 e. The highest BCUT2D eigenvalue weighted by molar-refractivity contribution is 6.32. The Morgan fingerprint density at radius 2 is 1.95 bits per heavy atom. The first-order valence-corrected chi connectivity index (χ1v) is 6.91. The third-order valence-electron chi connectivity index (χ3n) is 2.85. The second-order valence-corrected chi connectivity index (χ2v) is 5.80. The standard InChI is InChI=1S/C15H22ClN3/c1-12(2)11-19(9-8-18(3)4)15-7-5-6-14(16)13(15)10-17/h5-7,12H,8-9,11H2,1-4H3. The molecule has 0 aliphatic heterocycles. The number of hydrogen-bond donors (Lipinski definition) is 0. The van der Waals surface area contributed by atoms with Gasteiger partial charge in [-0.3, -0.25) is 0 Å². The molecule has 0 fully saturated rings. The Kier molecular flexibility index (Phi) is 6.14. The van der Waals surface area contributed by atoms with E-state index in [2.05, 4.69) is 43.8 Å². The molecular weight excluding hydrogens is 258 g/mol. The van der Waals surface area contributed by atoms with Gasteiger partial charge in [0.05, 0.1) is 16.3 Å². The third-order valence-corrected chi connectivity index (χ3v) is 3.16. The number of rotatable bonds is 6. The minimum atomic E-state index is 0.526. The second-order valence-electron chi connectivity index (χ2n) is 5.39. The van der Waals surface area contributed by atoms with Gasteiger partial charge in [-0.25, -0.2) is 0 Å². The Balaban J connectivity index is 3.03. The van der Waals surface area contributed by atoms with E-state index in [0.29, 0.717) is 16.5 Å². The minimum absolute atomic E-state index is 0.526. The van der Waals surface area contributed by atoms with E-state index in [1.54, 1.807) is 6.07 Å². The van der Waals surface area contributed by atoms with Gasteiger partial charge in [-0.1, -0.05) is 31.5 Å². The molecule has 0 aromatic heterocycles. The van der Waals surface area contributed by atoms with Crippen LogP contribution in [0, 0.1) is 17.2 Å². The van der Waals surface area contributed by atoms with Gasteiger partial charge in [0.15, 0.2) is 0 Å². The summed E-state index contributed by atoms with van der Waals surface area (Å²) < 4.78 is 0. The highest BCUT2D eigenvalue weighted by Crippen LogP contribution is 2.27. The monoisotopic (exact) mass is 279 g/mol. The van der Waals surface area contributed by atoms with E-state index < -0.39 is 0 Å². The number of halogens is 1. The third kappa shape index (κ3) is 4.74. The van der Waals surface area contributed by atoms with E-state index in [9.17, 15) is 5.26 Å². The van der Waals surface area contributed by atoms with Crippen LogP contribution in [0.2, 0.25) is 5.02 Å². The van der Waals surface area contributed by atoms with Crippen molar-refractivity contribution in [2.45, 2.75) is 13.8 Å². The van der Waals surface area contributed by atoms with Crippen molar-refractivity contribution in [2.24, 2.45) is 5.92 Å². The zero-order valence-electron chi connectivity index (χ0n) is 12.2. The summed E-state index contributed by atoms with van der Waals surface area (Å²) in [7, 11) is 4.10. The van der Waals surface area contributed by atoms with Crippen molar-refractivity contribution in [3.63, 3.8) is 0 Å². The molecule has 0 heterocycles. The maximum atomic E-state index is 9.29. The number of hydrogen-bond acceptors (Lipinski definition) is 3. The summed E-state index contributed by atoms with van der Waals surface area (Å²) in [5.41, 5.74) is 1.51. The number of benzene rings is 1. The quantitative estimate of drug-likeness (QED) is 0.801. The van der Waals surface area contributed by atoms with Crippen LogP contribution in [0.3, 0.4) is 0 Å². The Hall–Kier alpha value is -1.24. The van der Waals surface area contributed by atoms with Gasteiger partial charge >= 0.3 is 0 Å². The van der Waals surface area contributed by atoms with Crippen LogP contribution in [-0.4, -0.2) is 38.6 Å². The average Bonchev–Trinajstić information content (AvgIpc) is 2.33. The van der Waals surface area contributed by atoms with E-state index in [1.165, 1.54) is 0 Å². The first-order valence-electron chi connectivity index (χ1n) is 6.54. The lowest BCUT2D eigenvalue weighted by Gasteiger charge is -2.29. The van der Waals surface area contributed by atoms with Crippen molar-refractivity contribution in [1.29, 1.82) is 5.26 Å². The lowest BCUT2D eigenvalue weighted by atomic mass is 10.1. The molecule has 4 heteroatoms. The van der Waals surface area contributed by atoms with Crippen molar-refractivity contribution in [3.8, 4) is 6.07 Å². The maximum absolute atomic E-state index is 9.29. The van der Waals surface area contributed by atoms with Gasteiger partial charge in [0.25, 0.3) is 0 Å². The molecule has 0 saturated carbocycles. The van der Waals surface area contributed by atoms with Crippen LogP contribution >= 0.6 is 11.6 Å². The molecular formula is C15H22ClN3. The zero-order valence-corrected chi connectivity index (χ0v) is 12.9. The first-order chi connectivity index (χ1) is 8.95. The van der Waals surface area contributed by atoms with E-state index in [-0.39, 0.29) is 0 Å². The van der Waals surface area contributed by atoms with E-state index in [4.69, 9.17) is 11.6 Å². The second kappa shape index (κ2) is 7.37. The van der Waals surface area contributed by atoms with Crippen molar-refractivity contribution >= 4 is 17.3 Å².